The SMILES string of the molecule is O=C(COC(=O)c1cc(Cl)ccc1O)c1ccc2c(c1)OCCCO2. The highest BCUT2D eigenvalue weighted by atomic mass is 35.5. The number of phenols is 1. The Labute approximate surface area is 148 Å². The molecule has 0 spiro atoms. The molecule has 0 aliphatic carbocycles. The largest absolute Gasteiger partial charge is 0.507 e. The number of benzene rings is 2. The van der Waals surface area contributed by atoms with E-state index in [0.717, 1.165) is 6.42 Å². The minimum Gasteiger partial charge on any atom is -0.507 e. The minimum absolute atomic E-state index is 0.0982. The van der Waals surface area contributed by atoms with E-state index < -0.39 is 18.4 Å². The van der Waals surface area contributed by atoms with Gasteiger partial charge in [0.1, 0.15) is 11.3 Å². The topological polar surface area (TPSA) is 82.1 Å². The van der Waals surface area contributed by atoms with E-state index in [-0.39, 0.29) is 16.3 Å². The van der Waals surface area contributed by atoms with Crippen LogP contribution in [0.2, 0.25) is 5.02 Å². The Morgan fingerprint density at radius 2 is 1.84 bits per heavy atom. The number of hydrogen-bond acceptors (Lipinski definition) is 6. The lowest BCUT2D eigenvalue weighted by molar-refractivity contribution is 0.0471. The quantitative estimate of drug-likeness (QED) is 0.664. The van der Waals surface area contributed by atoms with Crippen LogP contribution in [0.1, 0.15) is 27.1 Å². The second kappa shape index (κ2) is 7.44. The third-order valence-corrected chi connectivity index (χ3v) is 3.82. The van der Waals surface area contributed by atoms with Crippen LogP contribution in [0.25, 0.3) is 0 Å². The van der Waals surface area contributed by atoms with Crippen LogP contribution < -0.4 is 9.47 Å². The first-order valence-corrected chi connectivity index (χ1v) is 8.01. The molecule has 0 saturated carbocycles. The molecule has 6 nitrogen and oxygen atoms in total. The molecule has 0 saturated heterocycles. The Balaban J connectivity index is 1.67. The number of hydrogen-bond donors (Lipinski definition) is 1. The van der Waals surface area contributed by atoms with Gasteiger partial charge >= 0.3 is 5.97 Å². The summed E-state index contributed by atoms with van der Waals surface area (Å²) in [5.41, 5.74) is 0.242. The van der Waals surface area contributed by atoms with Gasteiger partial charge in [0.05, 0.1) is 13.2 Å². The molecule has 0 unspecified atom stereocenters. The van der Waals surface area contributed by atoms with E-state index in [4.69, 9.17) is 25.8 Å². The van der Waals surface area contributed by atoms with Crippen LogP contribution in [0, 0.1) is 0 Å². The Bertz CT molecular complexity index is 817. The van der Waals surface area contributed by atoms with Crippen LogP contribution in [0.5, 0.6) is 17.2 Å². The Hall–Kier alpha value is -2.73. The van der Waals surface area contributed by atoms with E-state index in [9.17, 15) is 14.7 Å². The van der Waals surface area contributed by atoms with Crippen LogP contribution in [0.3, 0.4) is 0 Å². The highest BCUT2D eigenvalue weighted by molar-refractivity contribution is 6.31. The number of carbonyl (C=O) groups excluding carboxylic acids is 2. The summed E-state index contributed by atoms with van der Waals surface area (Å²) in [6.45, 7) is 0.596. The lowest BCUT2D eigenvalue weighted by Crippen LogP contribution is -2.14. The summed E-state index contributed by atoms with van der Waals surface area (Å²) in [4.78, 5) is 24.2. The molecular formula is C18H15ClO6. The monoisotopic (exact) mass is 362 g/mol. The van der Waals surface area contributed by atoms with Crippen molar-refractivity contribution in [3.8, 4) is 17.2 Å². The number of carbonyl (C=O) groups is 2. The van der Waals surface area contributed by atoms with Crippen molar-refractivity contribution >= 4 is 23.4 Å². The van der Waals surface area contributed by atoms with Crippen LogP contribution >= 0.6 is 11.6 Å². The molecule has 0 aromatic heterocycles. The van der Waals surface area contributed by atoms with E-state index in [1.165, 1.54) is 18.2 Å². The van der Waals surface area contributed by atoms with Crippen LogP contribution in [-0.4, -0.2) is 36.7 Å². The number of aromatic hydroxyl groups is 1. The van der Waals surface area contributed by atoms with Crippen LogP contribution in [0.15, 0.2) is 36.4 Å². The molecule has 1 aliphatic heterocycles. The van der Waals surface area contributed by atoms with E-state index in [1.54, 1.807) is 18.2 Å². The van der Waals surface area contributed by atoms with Gasteiger partial charge in [-0.2, -0.15) is 0 Å². The zero-order chi connectivity index (χ0) is 17.8. The standard InChI is InChI=1S/C18H15ClO6/c19-12-3-4-14(20)13(9-12)18(22)25-10-15(21)11-2-5-16-17(8-11)24-7-1-6-23-16/h2-5,8-9,20H,1,6-7,10H2. The maximum absolute atomic E-state index is 12.2. The van der Waals surface area contributed by atoms with E-state index in [0.29, 0.717) is 30.3 Å². The number of rotatable bonds is 4. The molecule has 130 valence electrons. The summed E-state index contributed by atoms with van der Waals surface area (Å²) in [7, 11) is 0. The first kappa shape index (κ1) is 17.1. The fourth-order valence-electron chi connectivity index (χ4n) is 2.30. The highest BCUT2D eigenvalue weighted by Gasteiger charge is 2.18. The second-order valence-electron chi connectivity index (χ2n) is 5.37. The van der Waals surface area contributed by atoms with Crippen molar-refractivity contribution in [2.24, 2.45) is 0 Å². The van der Waals surface area contributed by atoms with Gasteiger partial charge in [0.15, 0.2) is 23.9 Å². The Morgan fingerprint density at radius 1 is 1.08 bits per heavy atom. The number of halogens is 1. The molecule has 0 fully saturated rings. The average molecular weight is 363 g/mol. The molecule has 0 bridgehead atoms. The zero-order valence-corrected chi connectivity index (χ0v) is 13.9. The van der Waals surface area contributed by atoms with Gasteiger partial charge in [0.2, 0.25) is 0 Å². The van der Waals surface area contributed by atoms with Crippen LogP contribution in [-0.2, 0) is 4.74 Å². The molecule has 1 aliphatic rings. The van der Waals surface area contributed by atoms with Gasteiger partial charge in [-0.05, 0) is 36.4 Å². The van der Waals surface area contributed by atoms with Crippen molar-refractivity contribution in [2.75, 3.05) is 19.8 Å². The zero-order valence-electron chi connectivity index (χ0n) is 13.2. The van der Waals surface area contributed by atoms with Crippen molar-refractivity contribution in [1.82, 2.24) is 0 Å². The second-order valence-corrected chi connectivity index (χ2v) is 5.81. The fraction of sp³-hybridized carbons (Fsp3) is 0.222. The summed E-state index contributed by atoms with van der Waals surface area (Å²) in [5.74, 6) is -0.428. The number of phenolic OH excluding ortho intramolecular Hbond substituents is 1. The molecule has 1 heterocycles. The number of Topliss-reactive ketones (excluding diaryl/α,β-unsaturated/α-hetero) is 1. The molecule has 0 radical (unpaired) electrons. The van der Waals surface area contributed by atoms with Gasteiger partial charge in [0.25, 0.3) is 0 Å². The maximum atomic E-state index is 12.2. The molecule has 3 rings (SSSR count). The van der Waals surface area contributed by atoms with E-state index in [1.807, 2.05) is 0 Å². The van der Waals surface area contributed by atoms with Crippen molar-refractivity contribution in [3.63, 3.8) is 0 Å². The summed E-state index contributed by atoms with van der Waals surface area (Å²) < 4.78 is 16.0. The molecule has 0 atom stereocenters. The van der Waals surface area contributed by atoms with Crippen molar-refractivity contribution < 1.29 is 28.9 Å². The van der Waals surface area contributed by atoms with Crippen molar-refractivity contribution in [2.45, 2.75) is 6.42 Å². The van der Waals surface area contributed by atoms with E-state index in [2.05, 4.69) is 0 Å². The summed E-state index contributed by atoms with van der Waals surface area (Å²) in [6, 6.07) is 8.80. The van der Waals surface area contributed by atoms with E-state index >= 15 is 0 Å². The first-order chi connectivity index (χ1) is 12.0. The van der Waals surface area contributed by atoms with Gasteiger partial charge in [-0.15, -0.1) is 0 Å². The van der Waals surface area contributed by atoms with Gasteiger partial charge in [-0.3, -0.25) is 4.79 Å². The molecule has 7 heteroatoms. The summed E-state index contributed by atoms with van der Waals surface area (Å²) in [5, 5.41) is 9.95. The Morgan fingerprint density at radius 3 is 2.64 bits per heavy atom. The highest BCUT2D eigenvalue weighted by Crippen LogP contribution is 2.30. The fourth-order valence-corrected chi connectivity index (χ4v) is 2.47. The number of fused-ring (bicyclic) bond motifs is 1. The van der Waals surface area contributed by atoms with Gasteiger partial charge in [-0.1, -0.05) is 11.6 Å². The molecule has 25 heavy (non-hydrogen) atoms. The summed E-state index contributed by atoms with van der Waals surface area (Å²) in [6.07, 6.45) is 0.763. The molecule has 0 amide bonds. The third kappa shape index (κ3) is 4.03. The first-order valence-electron chi connectivity index (χ1n) is 7.63. The molecule has 2 aromatic rings. The number of ether oxygens (including phenoxy) is 3. The Kier molecular flexibility index (Phi) is 5.09. The lowest BCUT2D eigenvalue weighted by Gasteiger charge is -2.09. The predicted octanol–water partition coefficient (Wildman–Crippen LogP) is 3.25. The third-order valence-electron chi connectivity index (χ3n) is 3.58. The minimum atomic E-state index is -0.831. The van der Waals surface area contributed by atoms with Gasteiger partial charge in [-0.25, -0.2) is 4.79 Å². The number of ketones is 1. The average Bonchev–Trinajstić information content (AvgIpc) is 2.86. The normalized spacial score (nSPS) is 13.0. The predicted molar refractivity (Wildman–Crippen MR) is 89.8 cm³/mol. The smallest absolute Gasteiger partial charge is 0.342 e. The lowest BCUT2D eigenvalue weighted by atomic mass is 10.1. The van der Waals surface area contributed by atoms with Gasteiger partial charge in [0, 0.05) is 17.0 Å². The molecule has 2 aromatic carbocycles. The molecular weight excluding hydrogens is 348 g/mol. The van der Waals surface area contributed by atoms with Gasteiger partial charge < -0.3 is 19.3 Å². The van der Waals surface area contributed by atoms with Crippen molar-refractivity contribution in [3.05, 3.63) is 52.5 Å². The molecule has 1 N–H and O–H groups in total. The van der Waals surface area contributed by atoms with Crippen molar-refractivity contribution in [1.29, 1.82) is 0 Å². The van der Waals surface area contributed by atoms with Crippen LogP contribution in [0.4, 0.5) is 0 Å². The maximum Gasteiger partial charge on any atom is 0.342 e. The summed E-state index contributed by atoms with van der Waals surface area (Å²) >= 11 is 5.79. The number of esters is 1.